The van der Waals surface area contributed by atoms with Crippen LogP contribution in [0.15, 0.2) is 119 Å². The molecule has 2 aromatic rings. The molecule has 2 aliphatic carbocycles. The summed E-state index contributed by atoms with van der Waals surface area (Å²) in [5, 5.41) is 0. The predicted octanol–water partition coefficient (Wildman–Crippen LogP) is 7.76. The molecule has 0 bridgehead atoms. The number of para-hydroxylation sites is 2. The van der Waals surface area contributed by atoms with E-state index in [9.17, 15) is 0 Å². The third kappa shape index (κ3) is 7.63. The van der Waals surface area contributed by atoms with Crippen LogP contribution in [0.1, 0.15) is 27.7 Å². The van der Waals surface area contributed by atoms with E-state index in [1.165, 1.54) is 45.1 Å². The molecule has 2 nitrogen and oxygen atoms in total. The molecule has 0 spiro atoms. The number of halogens is 2. The van der Waals surface area contributed by atoms with Gasteiger partial charge in [-0.2, -0.15) is 0 Å². The molecule has 0 fully saturated rings. The Hall–Kier alpha value is -1.84. The van der Waals surface area contributed by atoms with Crippen LogP contribution in [0.2, 0.25) is 0 Å². The standard InChI is InChI=1S/2C15H14N.2CH3.2ClH.H2Si.Zr/c2*1-11-8-13-10-12(2)16(15(13)9-11)14-6-4-3-5-7-14;;;;;;/h2*3-7,9-10,12H,1-2H3;2*1H3;2*1H;1H2;/q4*-1;;;;. The fraction of sp³-hybridized carbons (Fsp3) is 0.188. The SMILES string of the molecule is CC1=[C-]C2=CC(C)N(c3ccccc3)C2=C1.CC1=[C-]C2=CC(C)N(c3ccccc3)C2=C1.Cl.Cl.[CH3-].[CH3-].[SiH2]=[Zr]. The van der Waals surface area contributed by atoms with E-state index in [1.54, 1.807) is 23.3 Å². The van der Waals surface area contributed by atoms with Crippen LogP contribution >= 0.6 is 24.8 Å². The van der Waals surface area contributed by atoms with E-state index in [0.717, 1.165) is 0 Å². The summed E-state index contributed by atoms with van der Waals surface area (Å²) < 4.78 is 0. The van der Waals surface area contributed by atoms with E-state index < -0.39 is 0 Å². The van der Waals surface area contributed by atoms with Crippen molar-refractivity contribution in [2.45, 2.75) is 39.8 Å². The maximum absolute atomic E-state index is 3.39. The first kappa shape index (κ1) is 36.2. The van der Waals surface area contributed by atoms with Gasteiger partial charge < -0.3 is 24.7 Å². The third-order valence-corrected chi connectivity index (χ3v) is 6.14. The first-order chi connectivity index (χ1) is 16.5. The molecule has 4 aliphatic rings. The van der Waals surface area contributed by atoms with Crippen molar-refractivity contribution in [2.75, 3.05) is 9.80 Å². The van der Waals surface area contributed by atoms with Gasteiger partial charge in [-0.25, -0.2) is 0 Å². The molecule has 38 heavy (non-hydrogen) atoms. The van der Waals surface area contributed by atoms with Crippen molar-refractivity contribution < 1.29 is 23.3 Å². The van der Waals surface area contributed by atoms with E-state index in [1.807, 2.05) is 6.88 Å². The van der Waals surface area contributed by atoms with Crippen LogP contribution in [0, 0.1) is 27.0 Å². The summed E-state index contributed by atoms with van der Waals surface area (Å²) >= 11 is 1.58. The average Bonchev–Trinajstić information content (AvgIpc) is 3.54. The molecular weight excluding hydrogens is 603 g/mol. The van der Waals surface area contributed by atoms with Crippen LogP contribution in [0.3, 0.4) is 0 Å². The van der Waals surface area contributed by atoms with Gasteiger partial charge in [0, 0.05) is 23.5 Å². The van der Waals surface area contributed by atoms with Crippen molar-refractivity contribution in [1.82, 2.24) is 0 Å². The van der Waals surface area contributed by atoms with Gasteiger partial charge in [0.2, 0.25) is 0 Å². The fourth-order valence-corrected chi connectivity index (χ4v) is 4.84. The molecule has 2 unspecified atom stereocenters. The van der Waals surface area contributed by atoms with Gasteiger partial charge in [-0.1, -0.05) is 61.6 Å². The van der Waals surface area contributed by atoms with Gasteiger partial charge in [0.1, 0.15) is 0 Å². The Labute approximate surface area is 260 Å². The molecule has 0 N–H and O–H groups in total. The van der Waals surface area contributed by atoms with E-state index in [-0.39, 0.29) is 39.7 Å². The Bertz CT molecular complexity index is 1150. The van der Waals surface area contributed by atoms with Crippen LogP contribution < -0.4 is 9.80 Å². The first-order valence-corrected chi connectivity index (χ1v) is 17.6. The van der Waals surface area contributed by atoms with Crippen molar-refractivity contribution in [3.8, 4) is 0 Å². The average molecular weight is 641 g/mol. The maximum atomic E-state index is 3.39. The summed E-state index contributed by atoms with van der Waals surface area (Å²) in [5.41, 5.74) is 10.0. The molecule has 2 atom stereocenters. The van der Waals surface area contributed by atoms with Crippen LogP contribution in [0.4, 0.5) is 11.4 Å². The number of allylic oxidation sites excluding steroid dienone is 6. The third-order valence-electron chi connectivity index (χ3n) is 6.14. The van der Waals surface area contributed by atoms with Gasteiger partial charge in [-0.15, -0.1) is 83.6 Å². The quantitative estimate of drug-likeness (QED) is 0.245. The number of benzene rings is 2. The zero-order valence-electron chi connectivity index (χ0n) is 23.2. The Morgan fingerprint density at radius 3 is 1.26 bits per heavy atom. The number of rotatable bonds is 2. The van der Waals surface area contributed by atoms with Crippen molar-refractivity contribution in [3.05, 3.63) is 146 Å². The Morgan fingerprint density at radius 2 is 0.947 bits per heavy atom. The topological polar surface area (TPSA) is 6.48 Å². The van der Waals surface area contributed by atoms with Gasteiger partial charge in [0.05, 0.1) is 0 Å². The minimum atomic E-state index is 0. The van der Waals surface area contributed by atoms with Crippen molar-refractivity contribution in [1.29, 1.82) is 0 Å². The molecule has 2 aromatic carbocycles. The normalized spacial score (nSPS) is 19.2. The second kappa shape index (κ2) is 16.3. The molecule has 6 heteroatoms. The number of hydrogen-bond acceptors (Lipinski definition) is 2. The summed E-state index contributed by atoms with van der Waals surface area (Å²) in [6.07, 6.45) is 15.7. The second-order valence-electron chi connectivity index (χ2n) is 8.73. The van der Waals surface area contributed by atoms with E-state index in [4.69, 9.17) is 0 Å². The van der Waals surface area contributed by atoms with Gasteiger partial charge in [0.25, 0.3) is 0 Å². The van der Waals surface area contributed by atoms with Crippen LogP contribution in [-0.4, -0.2) is 19.0 Å². The predicted molar refractivity (Wildman–Crippen MR) is 170 cm³/mol. The van der Waals surface area contributed by atoms with Crippen molar-refractivity contribution >= 4 is 43.1 Å². The Balaban J connectivity index is 0.000000616. The van der Waals surface area contributed by atoms with E-state index in [0.29, 0.717) is 12.1 Å². The summed E-state index contributed by atoms with van der Waals surface area (Å²) in [6, 6.07) is 21.9. The number of hydrogen-bond donors (Lipinski definition) is 0. The van der Waals surface area contributed by atoms with E-state index >= 15 is 0 Å². The number of fused-ring (bicyclic) bond motifs is 2. The molecular formula is C32H38Cl2N2SiZr-4. The summed E-state index contributed by atoms with van der Waals surface area (Å²) in [4.78, 5) is 4.72. The van der Waals surface area contributed by atoms with Crippen molar-refractivity contribution in [2.24, 2.45) is 0 Å². The Morgan fingerprint density at radius 1 is 0.632 bits per heavy atom. The van der Waals surface area contributed by atoms with Gasteiger partial charge in [-0.3, -0.25) is 0 Å². The fourth-order valence-electron chi connectivity index (χ4n) is 4.84. The molecule has 0 saturated carbocycles. The van der Waals surface area contributed by atoms with Crippen LogP contribution in [-0.2, 0) is 23.3 Å². The zero-order chi connectivity index (χ0) is 24.2. The van der Waals surface area contributed by atoms with Gasteiger partial charge in [-0.05, 0) is 38.1 Å². The van der Waals surface area contributed by atoms with Crippen LogP contribution in [0.25, 0.3) is 0 Å². The molecule has 2 heterocycles. The molecule has 0 radical (unpaired) electrons. The molecule has 202 valence electrons. The summed E-state index contributed by atoms with van der Waals surface area (Å²) in [7, 11) is 0. The van der Waals surface area contributed by atoms with Gasteiger partial charge >= 0.3 is 30.2 Å². The van der Waals surface area contributed by atoms with Crippen LogP contribution in [0.5, 0.6) is 0 Å². The zero-order valence-corrected chi connectivity index (χ0v) is 28.7. The molecule has 0 amide bonds. The molecule has 0 aromatic heterocycles. The Kier molecular flexibility index (Phi) is 15.5. The summed E-state index contributed by atoms with van der Waals surface area (Å²) in [6.45, 7) is 10.6. The first-order valence-electron chi connectivity index (χ1n) is 11.6. The number of nitrogens with zero attached hydrogens (tertiary/aromatic N) is 2. The van der Waals surface area contributed by atoms with Crippen molar-refractivity contribution in [3.63, 3.8) is 0 Å². The molecule has 0 saturated heterocycles. The van der Waals surface area contributed by atoms with Gasteiger partial charge in [0.15, 0.2) is 0 Å². The number of anilines is 2. The van der Waals surface area contributed by atoms with E-state index in [2.05, 4.69) is 135 Å². The molecule has 6 rings (SSSR count). The monoisotopic (exact) mass is 638 g/mol. The summed E-state index contributed by atoms with van der Waals surface area (Å²) in [5.74, 6) is 0. The molecule has 2 aliphatic heterocycles. The minimum absolute atomic E-state index is 0. The second-order valence-corrected chi connectivity index (χ2v) is 8.73.